The van der Waals surface area contributed by atoms with Crippen molar-refractivity contribution in [2.75, 3.05) is 38.0 Å². The minimum atomic E-state index is 0.0638. The number of anilines is 2. The van der Waals surface area contributed by atoms with E-state index in [1.165, 1.54) is 0 Å². The fourth-order valence-corrected chi connectivity index (χ4v) is 5.60. The largest absolute Gasteiger partial charge is 0.376 e. The Morgan fingerprint density at radius 3 is 1.34 bits per heavy atom. The Morgan fingerprint density at radius 1 is 0.591 bits per heavy atom. The number of hydrogen-bond donors (Lipinski definition) is 0. The number of pyridine rings is 2. The summed E-state index contributed by atoms with van der Waals surface area (Å²) in [6.45, 7) is 0. The smallest absolute Gasteiger partial charge is 0.144 e. The van der Waals surface area contributed by atoms with E-state index in [9.17, 15) is 9.59 Å². The third kappa shape index (κ3) is 8.27. The molecule has 0 unspecified atom stereocenters. The van der Waals surface area contributed by atoms with E-state index in [4.69, 9.17) is 0 Å². The van der Waals surface area contributed by atoms with Crippen LogP contribution in [0.5, 0.6) is 0 Å². The summed E-state index contributed by atoms with van der Waals surface area (Å²) in [4.78, 5) is 38.0. The first-order valence-corrected chi connectivity index (χ1v) is 15.2. The molecule has 0 spiro atoms. The number of hydrogen-bond acceptors (Lipinski definition) is 10. The van der Waals surface area contributed by atoms with Crippen molar-refractivity contribution >= 4 is 22.9 Å². The lowest BCUT2D eigenvalue weighted by atomic mass is 9.78. The van der Waals surface area contributed by atoms with Crippen molar-refractivity contribution in [2.45, 2.75) is 63.2 Å². The van der Waals surface area contributed by atoms with Crippen LogP contribution in [0.1, 0.15) is 71.7 Å². The average Bonchev–Trinajstić information content (AvgIpc) is 3.02. The highest BCUT2D eigenvalue weighted by atomic mass is 16.1. The normalized spacial score (nSPS) is 16.4. The SMILES string of the molecule is CN(C)c1ccc(CC(=O)Cc2ccc([C@H]3CCC[C@H](c4ccc(CC(=O)Cc5ccc(N(C)C)cn5)nn4)C3)nn2)nc1. The van der Waals surface area contributed by atoms with Crippen molar-refractivity contribution < 1.29 is 9.59 Å². The molecule has 0 amide bonds. The molecule has 4 heterocycles. The second kappa shape index (κ2) is 14.2. The Balaban J connectivity index is 1.11. The van der Waals surface area contributed by atoms with E-state index in [1.54, 1.807) is 12.4 Å². The maximum atomic E-state index is 12.6. The summed E-state index contributed by atoms with van der Waals surface area (Å²) >= 11 is 0. The van der Waals surface area contributed by atoms with Gasteiger partial charge >= 0.3 is 0 Å². The lowest BCUT2D eigenvalue weighted by Gasteiger charge is -2.28. The molecule has 1 saturated carbocycles. The second-order valence-corrected chi connectivity index (χ2v) is 12.0. The number of rotatable bonds is 12. The minimum Gasteiger partial charge on any atom is -0.376 e. The van der Waals surface area contributed by atoms with E-state index >= 15 is 0 Å². The van der Waals surface area contributed by atoms with Gasteiger partial charge in [-0.1, -0.05) is 6.42 Å². The van der Waals surface area contributed by atoms with Crippen LogP contribution in [0, 0.1) is 0 Å². The number of ketones is 2. The van der Waals surface area contributed by atoms with E-state index in [2.05, 4.69) is 30.4 Å². The molecule has 10 heteroatoms. The molecule has 1 fully saturated rings. The minimum absolute atomic E-state index is 0.0638. The van der Waals surface area contributed by atoms with Crippen molar-refractivity contribution in [3.63, 3.8) is 0 Å². The zero-order valence-electron chi connectivity index (χ0n) is 26.0. The van der Waals surface area contributed by atoms with Crippen LogP contribution in [0.25, 0.3) is 0 Å². The number of aromatic nitrogens is 6. The van der Waals surface area contributed by atoms with Crippen LogP contribution < -0.4 is 9.80 Å². The van der Waals surface area contributed by atoms with Crippen LogP contribution in [0.15, 0.2) is 60.9 Å². The number of Topliss-reactive ketones (excluding diaryl/α,β-unsaturated/α-hetero) is 2. The second-order valence-electron chi connectivity index (χ2n) is 12.0. The highest BCUT2D eigenvalue weighted by Gasteiger charge is 2.27. The Hall–Kier alpha value is -4.60. The van der Waals surface area contributed by atoms with Gasteiger partial charge in [0.05, 0.1) is 59.4 Å². The van der Waals surface area contributed by atoms with E-state index in [1.807, 2.05) is 86.5 Å². The van der Waals surface area contributed by atoms with Crippen LogP contribution >= 0.6 is 0 Å². The van der Waals surface area contributed by atoms with Crippen molar-refractivity contribution in [1.82, 2.24) is 30.4 Å². The zero-order valence-corrected chi connectivity index (χ0v) is 26.0. The van der Waals surface area contributed by atoms with Gasteiger partial charge in [-0.25, -0.2) is 0 Å². The monoisotopic (exact) mass is 592 g/mol. The molecule has 0 aromatic carbocycles. The fourth-order valence-electron chi connectivity index (χ4n) is 5.60. The number of carbonyl (C=O) groups excluding carboxylic acids is 2. The first-order chi connectivity index (χ1) is 21.2. The van der Waals surface area contributed by atoms with Crippen LogP contribution in [0.4, 0.5) is 11.4 Å². The van der Waals surface area contributed by atoms with Gasteiger partial charge in [0, 0.05) is 64.3 Å². The summed E-state index contributed by atoms with van der Waals surface area (Å²) < 4.78 is 0. The molecule has 5 rings (SSSR count). The fraction of sp³-hybridized carbons (Fsp3) is 0.412. The molecule has 1 aliphatic rings. The van der Waals surface area contributed by atoms with Gasteiger partial charge in [0.15, 0.2) is 0 Å². The predicted octanol–water partition coefficient (Wildman–Crippen LogP) is 4.34. The van der Waals surface area contributed by atoms with Gasteiger partial charge in [-0.2, -0.15) is 20.4 Å². The summed E-state index contributed by atoms with van der Waals surface area (Å²) in [6, 6.07) is 15.6. The molecule has 2 atom stereocenters. The third-order valence-electron chi connectivity index (χ3n) is 8.16. The standard InChI is InChI=1S/C34H40N8O2/c1-41(2)29-12-8-25(35-21-29)17-31(43)19-27-10-14-33(39-37-27)23-6-5-7-24(16-23)34-15-11-28(38-40-34)20-32(44)18-26-9-13-30(22-36-26)42(3)4/h8-15,21-24H,5-7,16-20H2,1-4H3/t23-,24-/m0/s1. The van der Waals surface area contributed by atoms with Crippen molar-refractivity contribution in [3.8, 4) is 0 Å². The Kier molecular flexibility index (Phi) is 9.99. The summed E-state index contributed by atoms with van der Waals surface area (Å²) in [5, 5.41) is 17.8. The van der Waals surface area contributed by atoms with Crippen molar-refractivity contribution in [2.24, 2.45) is 0 Å². The predicted molar refractivity (Wildman–Crippen MR) is 170 cm³/mol. The Bertz CT molecular complexity index is 1420. The molecule has 0 N–H and O–H groups in total. The molecule has 0 aliphatic heterocycles. The summed E-state index contributed by atoms with van der Waals surface area (Å²) in [6.07, 6.45) is 8.66. The highest BCUT2D eigenvalue weighted by Crippen LogP contribution is 2.39. The lowest BCUT2D eigenvalue weighted by molar-refractivity contribution is -0.118. The molecule has 4 aromatic heterocycles. The van der Waals surface area contributed by atoms with E-state index in [-0.39, 0.29) is 49.1 Å². The molecular weight excluding hydrogens is 552 g/mol. The molecule has 10 nitrogen and oxygen atoms in total. The molecule has 228 valence electrons. The van der Waals surface area contributed by atoms with Crippen LogP contribution in [-0.4, -0.2) is 70.1 Å². The molecule has 44 heavy (non-hydrogen) atoms. The summed E-state index contributed by atoms with van der Waals surface area (Å²) in [5.74, 6) is 0.683. The van der Waals surface area contributed by atoms with Gasteiger partial charge in [-0.15, -0.1) is 0 Å². The average molecular weight is 593 g/mol. The Labute approximate surface area is 259 Å². The lowest BCUT2D eigenvalue weighted by Crippen LogP contribution is -2.17. The van der Waals surface area contributed by atoms with Crippen LogP contribution in [0.2, 0.25) is 0 Å². The topological polar surface area (TPSA) is 118 Å². The van der Waals surface area contributed by atoms with Gasteiger partial charge in [-0.05, 0) is 67.8 Å². The maximum absolute atomic E-state index is 12.6. The molecule has 0 saturated heterocycles. The van der Waals surface area contributed by atoms with E-state index in [0.717, 1.165) is 59.8 Å². The van der Waals surface area contributed by atoms with E-state index < -0.39 is 0 Å². The zero-order chi connectivity index (χ0) is 31.1. The molecule has 0 radical (unpaired) electrons. The summed E-state index contributed by atoms with van der Waals surface area (Å²) in [7, 11) is 7.84. The van der Waals surface area contributed by atoms with Crippen LogP contribution in [0.3, 0.4) is 0 Å². The van der Waals surface area contributed by atoms with E-state index in [0.29, 0.717) is 11.4 Å². The number of carbonyl (C=O) groups is 2. The first kappa shape index (κ1) is 30.8. The van der Waals surface area contributed by atoms with Gasteiger partial charge in [0.1, 0.15) is 11.6 Å². The van der Waals surface area contributed by atoms with Gasteiger partial charge in [0.2, 0.25) is 0 Å². The quantitative estimate of drug-likeness (QED) is 0.235. The van der Waals surface area contributed by atoms with Gasteiger partial charge in [-0.3, -0.25) is 19.6 Å². The third-order valence-corrected chi connectivity index (χ3v) is 8.16. The summed E-state index contributed by atoms with van der Waals surface area (Å²) in [5.41, 5.74) is 6.76. The maximum Gasteiger partial charge on any atom is 0.144 e. The number of nitrogens with zero attached hydrogens (tertiary/aromatic N) is 8. The molecule has 1 aliphatic carbocycles. The van der Waals surface area contributed by atoms with Crippen molar-refractivity contribution in [1.29, 1.82) is 0 Å². The molecule has 0 bridgehead atoms. The van der Waals surface area contributed by atoms with Crippen LogP contribution in [-0.2, 0) is 35.3 Å². The molecule has 4 aromatic rings. The van der Waals surface area contributed by atoms with Crippen molar-refractivity contribution in [3.05, 3.63) is 95.1 Å². The first-order valence-electron chi connectivity index (χ1n) is 15.2. The highest BCUT2D eigenvalue weighted by molar-refractivity contribution is 5.82. The molecular formula is C34H40N8O2. The Morgan fingerprint density at radius 2 is 1.00 bits per heavy atom. The van der Waals surface area contributed by atoms with Gasteiger partial charge in [0.25, 0.3) is 0 Å². The van der Waals surface area contributed by atoms with Gasteiger partial charge < -0.3 is 9.80 Å².